The quantitative estimate of drug-likeness (QED) is 0.273. The van der Waals surface area contributed by atoms with Gasteiger partial charge in [-0.1, -0.05) is 19.1 Å². The Balaban J connectivity index is 1.44. The van der Waals surface area contributed by atoms with E-state index in [1.54, 1.807) is 42.9 Å². The van der Waals surface area contributed by atoms with Gasteiger partial charge in [-0.05, 0) is 50.7 Å². The van der Waals surface area contributed by atoms with E-state index in [4.69, 9.17) is 4.98 Å². The van der Waals surface area contributed by atoms with Crippen LogP contribution in [0.4, 0.5) is 17.3 Å². The highest BCUT2D eigenvalue weighted by Crippen LogP contribution is 2.33. The summed E-state index contributed by atoms with van der Waals surface area (Å²) in [6.45, 7) is 14.7. The number of aryl methyl sites for hydroxylation is 1. The fourth-order valence-electron chi connectivity index (χ4n) is 5.61. The lowest BCUT2D eigenvalue weighted by Gasteiger charge is -2.36. The second-order valence-corrected chi connectivity index (χ2v) is 11.3. The number of rotatable bonds is 8. The van der Waals surface area contributed by atoms with Crippen LogP contribution in [-0.4, -0.2) is 71.6 Å². The molecule has 0 spiro atoms. The summed E-state index contributed by atoms with van der Waals surface area (Å²) in [5.41, 5.74) is 2.64. The fraction of sp³-hybridized carbons (Fsp3) is 0.355. The zero-order valence-electron chi connectivity index (χ0n) is 24.6. The Morgan fingerprint density at radius 1 is 1.10 bits per heavy atom. The number of anilines is 3. The third-order valence-corrected chi connectivity index (χ3v) is 7.95. The van der Waals surface area contributed by atoms with Crippen molar-refractivity contribution in [3.63, 3.8) is 0 Å². The molecule has 0 unspecified atom stereocenters. The van der Waals surface area contributed by atoms with Gasteiger partial charge in [0, 0.05) is 62.4 Å². The maximum Gasteiger partial charge on any atom is 0.278 e. The van der Waals surface area contributed by atoms with Crippen molar-refractivity contribution in [3.05, 3.63) is 77.5 Å². The number of hydrogen-bond acceptors (Lipinski definition) is 8. The Kier molecular flexibility index (Phi) is 7.07. The van der Waals surface area contributed by atoms with Gasteiger partial charge in [-0.25, -0.2) is 19.3 Å². The fourth-order valence-corrected chi connectivity index (χ4v) is 5.61. The van der Waals surface area contributed by atoms with Gasteiger partial charge in [-0.3, -0.25) is 4.79 Å². The van der Waals surface area contributed by atoms with Gasteiger partial charge in [0.15, 0.2) is 11.5 Å². The first-order chi connectivity index (χ1) is 20.2. The summed E-state index contributed by atoms with van der Waals surface area (Å²) in [7, 11) is 2.04. The first kappa shape index (κ1) is 27.7. The lowest BCUT2D eigenvalue weighted by molar-refractivity contribution is 0.0738. The second kappa shape index (κ2) is 10.7. The predicted molar refractivity (Wildman–Crippen MR) is 167 cm³/mol. The molecule has 6 rings (SSSR count). The van der Waals surface area contributed by atoms with E-state index in [1.807, 2.05) is 13.1 Å². The maximum atomic E-state index is 13.4. The van der Waals surface area contributed by atoms with Crippen molar-refractivity contribution < 1.29 is 5.11 Å². The highest BCUT2D eigenvalue weighted by atomic mass is 16.3. The van der Waals surface area contributed by atoms with Crippen molar-refractivity contribution in [2.75, 3.05) is 42.9 Å². The standard InChI is InChI=1S/C31H37N9O2/c1-6-12-39-29(41)23-20-32-30(35-28(23)40(39)27-10-8-9-26(34-27)31(3,4)42)33-21-18-24-22(11-13-36(24)5)25(19-21)38-16-14-37(7-2)15-17-38/h6,8-11,13,18-20,42H,1,7,12,14-17H2,2-5H3,(H,32,33,35). The summed E-state index contributed by atoms with van der Waals surface area (Å²) in [6.07, 6.45) is 5.29. The van der Waals surface area contributed by atoms with E-state index in [2.05, 4.69) is 67.6 Å². The van der Waals surface area contributed by atoms with Crippen LogP contribution in [0.2, 0.25) is 0 Å². The zero-order valence-corrected chi connectivity index (χ0v) is 24.6. The number of piperazine rings is 1. The molecular weight excluding hydrogens is 530 g/mol. The Morgan fingerprint density at radius 2 is 1.88 bits per heavy atom. The lowest BCUT2D eigenvalue weighted by Crippen LogP contribution is -2.46. The number of aliphatic hydroxyl groups is 1. The minimum Gasteiger partial charge on any atom is -0.384 e. The molecule has 0 aliphatic carbocycles. The van der Waals surface area contributed by atoms with Crippen LogP contribution in [0.1, 0.15) is 26.5 Å². The summed E-state index contributed by atoms with van der Waals surface area (Å²) in [5, 5.41) is 15.6. The Labute approximate surface area is 244 Å². The van der Waals surface area contributed by atoms with Gasteiger partial charge < -0.3 is 24.8 Å². The first-order valence-electron chi connectivity index (χ1n) is 14.3. The zero-order chi connectivity index (χ0) is 29.6. The van der Waals surface area contributed by atoms with Gasteiger partial charge in [-0.15, -0.1) is 6.58 Å². The van der Waals surface area contributed by atoms with Gasteiger partial charge in [-0.2, -0.15) is 4.98 Å². The molecule has 1 fully saturated rings. The summed E-state index contributed by atoms with van der Waals surface area (Å²) in [4.78, 5) is 32.3. The minimum absolute atomic E-state index is 0.245. The molecule has 1 aromatic carbocycles. The molecule has 42 heavy (non-hydrogen) atoms. The molecule has 0 bridgehead atoms. The summed E-state index contributed by atoms with van der Waals surface area (Å²) in [5.74, 6) is 0.827. The molecule has 11 heteroatoms. The molecule has 2 N–H and O–H groups in total. The van der Waals surface area contributed by atoms with Crippen LogP contribution < -0.4 is 15.8 Å². The normalized spacial score (nSPS) is 14.6. The van der Waals surface area contributed by atoms with Crippen LogP contribution >= 0.6 is 0 Å². The third kappa shape index (κ3) is 4.94. The Morgan fingerprint density at radius 3 is 2.60 bits per heavy atom. The van der Waals surface area contributed by atoms with Crippen molar-refractivity contribution in [3.8, 4) is 5.82 Å². The van der Waals surface area contributed by atoms with Crippen molar-refractivity contribution in [1.29, 1.82) is 0 Å². The molecule has 4 aromatic heterocycles. The highest BCUT2D eigenvalue weighted by Gasteiger charge is 2.23. The summed E-state index contributed by atoms with van der Waals surface area (Å²) in [6, 6.07) is 11.8. The maximum absolute atomic E-state index is 13.4. The van der Waals surface area contributed by atoms with E-state index in [-0.39, 0.29) is 12.1 Å². The van der Waals surface area contributed by atoms with Gasteiger partial charge in [0.2, 0.25) is 5.95 Å². The van der Waals surface area contributed by atoms with Crippen LogP contribution in [0.25, 0.3) is 27.8 Å². The smallest absolute Gasteiger partial charge is 0.278 e. The average Bonchev–Trinajstić information content (AvgIpc) is 3.49. The number of nitrogens with one attached hydrogen (secondary N) is 1. The largest absolute Gasteiger partial charge is 0.384 e. The number of hydrogen-bond donors (Lipinski definition) is 2. The molecule has 1 aliphatic rings. The molecule has 1 aliphatic heterocycles. The van der Waals surface area contributed by atoms with Crippen LogP contribution in [0.3, 0.4) is 0 Å². The third-order valence-electron chi connectivity index (χ3n) is 7.95. The second-order valence-electron chi connectivity index (χ2n) is 11.3. The predicted octanol–water partition coefficient (Wildman–Crippen LogP) is 3.77. The van der Waals surface area contributed by atoms with Crippen molar-refractivity contribution >= 4 is 39.3 Å². The monoisotopic (exact) mass is 567 g/mol. The Hall–Kier alpha value is -4.48. The molecule has 0 saturated carbocycles. The van der Waals surface area contributed by atoms with Gasteiger partial charge in [0.05, 0.1) is 17.8 Å². The lowest BCUT2D eigenvalue weighted by atomic mass is 10.1. The van der Waals surface area contributed by atoms with Crippen molar-refractivity contribution in [2.24, 2.45) is 7.05 Å². The van der Waals surface area contributed by atoms with E-state index in [1.165, 1.54) is 15.8 Å². The Bertz CT molecular complexity index is 1840. The number of aromatic nitrogens is 6. The number of fused-ring (bicyclic) bond motifs is 2. The number of pyridine rings is 1. The first-order valence-corrected chi connectivity index (χ1v) is 14.3. The van der Waals surface area contributed by atoms with Crippen LogP contribution in [0.5, 0.6) is 0 Å². The average molecular weight is 568 g/mol. The highest BCUT2D eigenvalue weighted by molar-refractivity contribution is 5.96. The number of benzene rings is 1. The molecule has 0 radical (unpaired) electrons. The van der Waals surface area contributed by atoms with Crippen LogP contribution in [-0.2, 0) is 19.2 Å². The summed E-state index contributed by atoms with van der Waals surface area (Å²) >= 11 is 0. The van der Waals surface area contributed by atoms with Crippen LogP contribution in [0, 0.1) is 0 Å². The van der Waals surface area contributed by atoms with Crippen LogP contribution in [0.15, 0.2) is 66.2 Å². The van der Waals surface area contributed by atoms with Gasteiger partial charge in [0.1, 0.15) is 11.0 Å². The minimum atomic E-state index is -1.15. The molecule has 5 heterocycles. The van der Waals surface area contributed by atoms with E-state index in [9.17, 15) is 9.90 Å². The molecule has 0 amide bonds. The molecule has 218 valence electrons. The molecule has 0 atom stereocenters. The van der Waals surface area contributed by atoms with E-state index in [0.717, 1.165) is 43.9 Å². The number of likely N-dealkylation sites (N-methyl/N-ethyl adjacent to an activating group) is 1. The topological polar surface area (TPSA) is 109 Å². The van der Waals surface area contributed by atoms with E-state index < -0.39 is 5.60 Å². The van der Waals surface area contributed by atoms with Crippen molar-refractivity contribution in [2.45, 2.75) is 32.9 Å². The SMILES string of the molecule is C=CCn1c(=O)c2cnc(Nc3cc(N4CCN(CC)CC4)c4ccn(C)c4c3)nc2n1-c1cccc(C(C)(C)O)n1. The number of allylic oxidation sites excluding steroid dienone is 1. The van der Waals surface area contributed by atoms with E-state index >= 15 is 0 Å². The van der Waals surface area contributed by atoms with Gasteiger partial charge >= 0.3 is 0 Å². The van der Waals surface area contributed by atoms with Crippen molar-refractivity contribution in [1.82, 2.24) is 33.8 Å². The van der Waals surface area contributed by atoms with Gasteiger partial charge in [0.25, 0.3) is 5.56 Å². The summed E-state index contributed by atoms with van der Waals surface area (Å²) < 4.78 is 5.31. The van der Waals surface area contributed by atoms with E-state index in [0.29, 0.717) is 28.5 Å². The molecule has 5 aromatic rings. The molecular formula is C31H37N9O2. The molecule has 11 nitrogen and oxygen atoms in total. The molecule has 1 saturated heterocycles. The number of nitrogens with zero attached hydrogens (tertiary/aromatic N) is 8.